The topological polar surface area (TPSA) is 84.5 Å². The van der Waals surface area contributed by atoms with E-state index in [9.17, 15) is 17.6 Å². The van der Waals surface area contributed by atoms with Gasteiger partial charge in [-0.25, -0.2) is 22.3 Å². The lowest BCUT2D eigenvalue weighted by atomic mass is 10.1. The quantitative estimate of drug-likeness (QED) is 0.411. The molecule has 1 saturated carbocycles. The number of hydrogen-bond acceptors (Lipinski definition) is 5. The fourth-order valence-corrected chi connectivity index (χ4v) is 4.28. The first-order valence-corrected chi connectivity index (χ1v) is 10.0. The van der Waals surface area contributed by atoms with Gasteiger partial charge in [0.05, 0.1) is 12.0 Å². The van der Waals surface area contributed by atoms with Crippen LogP contribution in [-0.4, -0.2) is 40.6 Å². The Balaban J connectivity index is 0.00000338. The average molecular weight is 409 g/mol. The SMILES string of the molecule is COC(=O)c1c(F)cccc1S(=O)(=O)NCCNC1CCCCCC1.Cl. The number of methoxy groups -OCH3 is 1. The van der Waals surface area contributed by atoms with Crippen LogP contribution >= 0.6 is 12.4 Å². The molecule has 1 aromatic rings. The molecule has 6 nitrogen and oxygen atoms in total. The Kier molecular flexibility index (Phi) is 9.49. The van der Waals surface area contributed by atoms with Crippen molar-refractivity contribution in [3.63, 3.8) is 0 Å². The lowest BCUT2D eigenvalue weighted by Crippen LogP contribution is -2.37. The molecule has 0 heterocycles. The molecular weight excluding hydrogens is 383 g/mol. The van der Waals surface area contributed by atoms with Gasteiger partial charge < -0.3 is 10.1 Å². The van der Waals surface area contributed by atoms with Gasteiger partial charge in [-0.2, -0.15) is 0 Å². The van der Waals surface area contributed by atoms with Gasteiger partial charge in [0.15, 0.2) is 0 Å². The van der Waals surface area contributed by atoms with E-state index < -0.39 is 32.3 Å². The van der Waals surface area contributed by atoms with Crippen LogP contribution in [0.25, 0.3) is 0 Å². The summed E-state index contributed by atoms with van der Waals surface area (Å²) in [7, 11) is -2.93. The first kappa shape index (κ1) is 22.8. The van der Waals surface area contributed by atoms with E-state index in [1.165, 1.54) is 37.8 Å². The Hall–Kier alpha value is -1.22. The number of benzene rings is 1. The van der Waals surface area contributed by atoms with Crippen molar-refractivity contribution in [2.45, 2.75) is 49.5 Å². The summed E-state index contributed by atoms with van der Waals surface area (Å²) in [6.45, 7) is 0.642. The molecule has 0 unspecified atom stereocenters. The third-order valence-corrected chi connectivity index (χ3v) is 5.86. The van der Waals surface area contributed by atoms with E-state index in [0.717, 1.165) is 26.0 Å². The average Bonchev–Trinajstić information content (AvgIpc) is 2.86. The van der Waals surface area contributed by atoms with Gasteiger partial charge in [0.1, 0.15) is 11.4 Å². The summed E-state index contributed by atoms with van der Waals surface area (Å²) in [6.07, 6.45) is 7.08. The molecule has 26 heavy (non-hydrogen) atoms. The largest absolute Gasteiger partial charge is 0.465 e. The Morgan fingerprint density at radius 2 is 1.85 bits per heavy atom. The highest BCUT2D eigenvalue weighted by atomic mass is 35.5. The summed E-state index contributed by atoms with van der Waals surface area (Å²) in [5.74, 6) is -1.94. The van der Waals surface area contributed by atoms with Crippen molar-refractivity contribution in [3.05, 3.63) is 29.6 Å². The number of ether oxygens (including phenoxy) is 1. The fraction of sp³-hybridized carbons (Fsp3) is 0.588. The van der Waals surface area contributed by atoms with Crippen LogP contribution in [0.4, 0.5) is 4.39 Å². The molecule has 0 bridgehead atoms. The molecule has 0 amide bonds. The molecule has 9 heteroatoms. The number of sulfonamides is 1. The number of carbonyl (C=O) groups is 1. The minimum absolute atomic E-state index is 0. The molecule has 1 aliphatic carbocycles. The molecule has 148 valence electrons. The van der Waals surface area contributed by atoms with Crippen molar-refractivity contribution >= 4 is 28.4 Å². The Labute approximate surface area is 160 Å². The number of esters is 1. The van der Waals surface area contributed by atoms with Gasteiger partial charge in [0.2, 0.25) is 10.0 Å². The summed E-state index contributed by atoms with van der Waals surface area (Å²) < 4.78 is 45.6. The molecule has 0 aromatic heterocycles. The highest BCUT2D eigenvalue weighted by Crippen LogP contribution is 2.20. The maximum atomic E-state index is 13.9. The number of hydrogen-bond donors (Lipinski definition) is 2. The number of halogens is 2. The second kappa shape index (κ2) is 10.8. The number of nitrogens with one attached hydrogen (secondary N) is 2. The van der Waals surface area contributed by atoms with Crippen molar-refractivity contribution in [1.29, 1.82) is 0 Å². The van der Waals surface area contributed by atoms with Gasteiger partial charge in [0, 0.05) is 19.1 Å². The van der Waals surface area contributed by atoms with Crippen LogP contribution in [0.15, 0.2) is 23.1 Å². The zero-order valence-electron chi connectivity index (χ0n) is 14.8. The third kappa shape index (κ3) is 6.19. The van der Waals surface area contributed by atoms with Crippen LogP contribution in [-0.2, 0) is 14.8 Å². The number of rotatable bonds is 7. The first-order chi connectivity index (χ1) is 12.0. The van der Waals surface area contributed by atoms with E-state index in [4.69, 9.17) is 0 Å². The standard InChI is InChI=1S/C17H25FN2O4S.ClH/c1-24-17(21)16-14(18)9-6-10-15(16)25(22,23)20-12-11-19-13-7-4-2-3-5-8-13;/h6,9-10,13,19-20H,2-5,7-8,11-12H2,1H3;1H. The van der Waals surface area contributed by atoms with Crippen molar-refractivity contribution in [3.8, 4) is 0 Å². The smallest absolute Gasteiger partial charge is 0.342 e. The number of carbonyl (C=O) groups excluding carboxylic acids is 1. The Bertz CT molecular complexity index is 692. The van der Waals surface area contributed by atoms with Gasteiger partial charge in [-0.05, 0) is 25.0 Å². The van der Waals surface area contributed by atoms with Gasteiger partial charge >= 0.3 is 5.97 Å². The monoisotopic (exact) mass is 408 g/mol. The lowest BCUT2D eigenvalue weighted by Gasteiger charge is -2.16. The minimum Gasteiger partial charge on any atom is -0.465 e. The zero-order valence-corrected chi connectivity index (χ0v) is 16.4. The van der Waals surface area contributed by atoms with Crippen LogP contribution in [0.2, 0.25) is 0 Å². The summed E-state index contributed by atoms with van der Waals surface area (Å²) in [6, 6.07) is 3.88. The van der Waals surface area contributed by atoms with E-state index in [-0.39, 0.29) is 19.0 Å². The molecule has 1 fully saturated rings. The third-order valence-electron chi connectivity index (χ3n) is 4.36. The molecule has 0 saturated heterocycles. The van der Waals surface area contributed by atoms with Crippen LogP contribution in [0.5, 0.6) is 0 Å². The highest BCUT2D eigenvalue weighted by molar-refractivity contribution is 7.89. The van der Waals surface area contributed by atoms with Gasteiger partial charge in [-0.15, -0.1) is 12.4 Å². The van der Waals surface area contributed by atoms with Crippen molar-refractivity contribution in [1.82, 2.24) is 10.0 Å². The normalized spacial score (nSPS) is 15.8. The van der Waals surface area contributed by atoms with E-state index in [2.05, 4.69) is 14.8 Å². The summed E-state index contributed by atoms with van der Waals surface area (Å²) in [5, 5.41) is 3.35. The van der Waals surface area contributed by atoms with E-state index in [1.807, 2.05) is 0 Å². The molecule has 1 aromatic carbocycles. The maximum absolute atomic E-state index is 13.9. The highest BCUT2D eigenvalue weighted by Gasteiger charge is 2.26. The summed E-state index contributed by atoms with van der Waals surface area (Å²) in [5.41, 5.74) is -0.575. The molecule has 2 N–H and O–H groups in total. The van der Waals surface area contributed by atoms with Gasteiger partial charge in [0.25, 0.3) is 0 Å². The molecule has 0 spiro atoms. The van der Waals surface area contributed by atoms with E-state index in [0.29, 0.717) is 12.6 Å². The second-order valence-corrected chi connectivity index (χ2v) is 7.88. The molecule has 0 atom stereocenters. The summed E-state index contributed by atoms with van der Waals surface area (Å²) >= 11 is 0. The molecule has 2 rings (SSSR count). The Morgan fingerprint density at radius 1 is 1.19 bits per heavy atom. The predicted molar refractivity (Wildman–Crippen MR) is 99.7 cm³/mol. The predicted octanol–water partition coefficient (Wildman–Crippen LogP) is 2.62. The van der Waals surface area contributed by atoms with E-state index in [1.54, 1.807) is 0 Å². The molecular formula is C17H26ClFN2O4S. The van der Waals surface area contributed by atoms with Gasteiger partial charge in [-0.3, -0.25) is 0 Å². The molecule has 1 aliphatic rings. The summed E-state index contributed by atoms with van der Waals surface area (Å²) in [4.78, 5) is 11.3. The van der Waals surface area contributed by atoms with Crippen LogP contribution in [0.3, 0.4) is 0 Å². The van der Waals surface area contributed by atoms with Crippen molar-refractivity contribution in [2.24, 2.45) is 0 Å². The fourth-order valence-electron chi connectivity index (χ4n) is 3.05. The Morgan fingerprint density at radius 3 is 2.46 bits per heavy atom. The van der Waals surface area contributed by atoms with Gasteiger partial charge in [-0.1, -0.05) is 31.7 Å². The zero-order chi connectivity index (χ0) is 18.3. The lowest BCUT2D eigenvalue weighted by molar-refractivity contribution is 0.0590. The molecule has 0 aliphatic heterocycles. The minimum atomic E-state index is -4.01. The first-order valence-electron chi connectivity index (χ1n) is 8.55. The van der Waals surface area contributed by atoms with Crippen LogP contribution in [0.1, 0.15) is 48.9 Å². The maximum Gasteiger partial charge on any atom is 0.342 e. The van der Waals surface area contributed by atoms with E-state index >= 15 is 0 Å². The van der Waals surface area contributed by atoms with Crippen molar-refractivity contribution < 1.29 is 22.3 Å². The molecule has 0 radical (unpaired) electrons. The van der Waals surface area contributed by atoms with Crippen molar-refractivity contribution in [2.75, 3.05) is 20.2 Å². The van der Waals surface area contributed by atoms with Crippen LogP contribution in [0, 0.1) is 5.82 Å². The second-order valence-electron chi connectivity index (χ2n) is 6.14. The van der Waals surface area contributed by atoms with Crippen LogP contribution < -0.4 is 10.0 Å².